The number of carbonyl (C=O) groups is 2. The summed E-state index contributed by atoms with van der Waals surface area (Å²) < 4.78 is 32.6. The lowest BCUT2D eigenvalue weighted by atomic mass is 10.1. The Hall–Kier alpha value is -1.55. The monoisotopic (exact) mass is 747 g/mol. The van der Waals surface area contributed by atoms with Crippen LogP contribution in [-0.2, 0) is 32.7 Å². The Morgan fingerprint density at radius 1 is 0.569 bits per heavy atom. The van der Waals surface area contributed by atoms with Gasteiger partial charge in [0.05, 0.1) is 19.8 Å². The Kier molecular flexibility index (Phi) is 35.7. The first-order valence-corrected chi connectivity index (χ1v) is 21.8. The van der Waals surface area contributed by atoms with E-state index in [1.54, 1.807) is 0 Å². The summed E-state index contributed by atoms with van der Waals surface area (Å²) in [6, 6.07) is 0. The molecule has 0 heterocycles. The number of hydrogen-bond donors (Lipinski definition) is 3. The van der Waals surface area contributed by atoms with Gasteiger partial charge in [-0.05, 0) is 64.2 Å². The molecule has 0 aliphatic heterocycles. The molecule has 0 aromatic rings. The summed E-state index contributed by atoms with van der Waals surface area (Å²) in [5, 5.41) is 18.3. The van der Waals surface area contributed by atoms with Crippen LogP contribution < -0.4 is 0 Å². The molecule has 51 heavy (non-hydrogen) atoms. The minimum atomic E-state index is -4.61. The van der Waals surface area contributed by atoms with Crippen LogP contribution in [0.15, 0.2) is 24.3 Å². The quantitative estimate of drug-likeness (QED) is 0.0241. The summed E-state index contributed by atoms with van der Waals surface area (Å²) in [6.07, 6.45) is 34.3. The number of unbranched alkanes of at least 4 members (excludes halogenated alkanes) is 20. The maximum atomic E-state index is 12.6. The highest BCUT2D eigenvalue weighted by Crippen LogP contribution is 2.43. The van der Waals surface area contributed by atoms with Crippen molar-refractivity contribution in [3.05, 3.63) is 24.3 Å². The van der Waals surface area contributed by atoms with Gasteiger partial charge in [-0.25, -0.2) is 4.57 Å². The average molecular weight is 747 g/mol. The number of aliphatic hydroxyl groups is 2. The van der Waals surface area contributed by atoms with Crippen LogP contribution in [0.1, 0.15) is 181 Å². The number of phosphoric ester groups is 1. The van der Waals surface area contributed by atoms with Gasteiger partial charge in [-0.3, -0.25) is 18.6 Å². The topological polar surface area (TPSA) is 149 Å². The third kappa shape index (κ3) is 36.6. The fraction of sp³-hybridized carbons (Fsp3) is 0.850. The number of phosphoric acid groups is 1. The molecule has 0 aliphatic rings. The van der Waals surface area contributed by atoms with Gasteiger partial charge < -0.3 is 24.6 Å². The molecule has 0 radical (unpaired) electrons. The highest BCUT2D eigenvalue weighted by atomic mass is 31.2. The van der Waals surface area contributed by atoms with E-state index in [1.165, 1.54) is 64.2 Å². The van der Waals surface area contributed by atoms with Crippen molar-refractivity contribution in [1.82, 2.24) is 0 Å². The molecule has 0 aliphatic carbocycles. The van der Waals surface area contributed by atoms with Gasteiger partial charge in [-0.15, -0.1) is 0 Å². The van der Waals surface area contributed by atoms with Crippen molar-refractivity contribution in [1.29, 1.82) is 0 Å². The number of carbonyl (C=O) groups excluding carboxylic acids is 2. The molecule has 0 bridgehead atoms. The Bertz CT molecular complexity index is 910. The SMILES string of the molecule is CCCCCCC/C=C\CCCCCCCC(=O)OC[C@H](COP(=O)(O)OC[C@@H](O)CO)OC(=O)CCCCCCC/C=C\CCCCCCC. The average Bonchev–Trinajstić information content (AvgIpc) is 3.12. The van der Waals surface area contributed by atoms with Gasteiger partial charge in [0.1, 0.15) is 12.7 Å². The molecule has 3 atom stereocenters. The molecule has 1 unspecified atom stereocenters. The third-order valence-corrected chi connectivity index (χ3v) is 9.53. The van der Waals surface area contributed by atoms with Gasteiger partial charge in [0.15, 0.2) is 6.10 Å². The first kappa shape index (κ1) is 49.5. The maximum absolute atomic E-state index is 12.6. The lowest BCUT2D eigenvalue weighted by Crippen LogP contribution is -2.29. The maximum Gasteiger partial charge on any atom is 0.472 e. The van der Waals surface area contributed by atoms with Gasteiger partial charge in [-0.2, -0.15) is 0 Å². The van der Waals surface area contributed by atoms with Crippen molar-refractivity contribution < 1.29 is 47.8 Å². The Morgan fingerprint density at radius 2 is 0.961 bits per heavy atom. The summed E-state index contributed by atoms with van der Waals surface area (Å²) in [5.41, 5.74) is 0. The first-order chi connectivity index (χ1) is 24.7. The molecule has 11 heteroatoms. The van der Waals surface area contributed by atoms with Gasteiger partial charge in [0.25, 0.3) is 0 Å². The normalized spacial score (nSPS) is 14.2. The van der Waals surface area contributed by atoms with Crippen molar-refractivity contribution >= 4 is 19.8 Å². The van der Waals surface area contributed by atoms with E-state index < -0.39 is 51.8 Å². The zero-order valence-electron chi connectivity index (χ0n) is 32.3. The molecule has 0 fully saturated rings. The van der Waals surface area contributed by atoms with Crippen molar-refractivity contribution in [2.75, 3.05) is 26.4 Å². The largest absolute Gasteiger partial charge is 0.472 e. The van der Waals surface area contributed by atoms with Crippen LogP contribution >= 0.6 is 7.82 Å². The molecule has 300 valence electrons. The number of aliphatic hydroxyl groups excluding tert-OH is 2. The summed E-state index contributed by atoms with van der Waals surface area (Å²) in [4.78, 5) is 34.9. The van der Waals surface area contributed by atoms with E-state index in [1.807, 2.05) is 0 Å². The molecule has 0 saturated carbocycles. The number of rotatable bonds is 38. The lowest BCUT2D eigenvalue weighted by Gasteiger charge is -2.20. The van der Waals surface area contributed by atoms with Crippen LogP contribution in [0, 0.1) is 0 Å². The van der Waals surface area contributed by atoms with E-state index in [2.05, 4.69) is 42.7 Å². The summed E-state index contributed by atoms with van der Waals surface area (Å²) in [7, 11) is -4.61. The van der Waals surface area contributed by atoms with Crippen LogP contribution in [0.2, 0.25) is 0 Å². The Morgan fingerprint density at radius 3 is 1.41 bits per heavy atom. The number of allylic oxidation sites excluding steroid dienone is 4. The van der Waals surface area contributed by atoms with E-state index in [9.17, 15) is 24.2 Å². The molecular formula is C40H75O10P. The minimum absolute atomic E-state index is 0.174. The van der Waals surface area contributed by atoms with Crippen molar-refractivity contribution in [3.63, 3.8) is 0 Å². The summed E-state index contributed by atoms with van der Waals surface area (Å²) in [5.74, 6) is -0.943. The second-order valence-corrected chi connectivity index (χ2v) is 15.1. The Labute approximate surface area is 310 Å². The van der Waals surface area contributed by atoms with Gasteiger partial charge >= 0.3 is 19.8 Å². The molecule has 0 aromatic carbocycles. The number of esters is 2. The molecular weight excluding hydrogens is 671 g/mol. The molecule has 3 N–H and O–H groups in total. The number of hydrogen-bond acceptors (Lipinski definition) is 9. The van der Waals surface area contributed by atoms with Crippen LogP contribution in [0.4, 0.5) is 0 Å². The van der Waals surface area contributed by atoms with Crippen LogP contribution in [0.5, 0.6) is 0 Å². The number of ether oxygens (including phenoxy) is 2. The molecule has 0 saturated heterocycles. The van der Waals surface area contributed by atoms with Gasteiger partial charge in [0.2, 0.25) is 0 Å². The fourth-order valence-corrected chi connectivity index (χ4v) is 6.18. The second kappa shape index (κ2) is 36.8. The van der Waals surface area contributed by atoms with Crippen LogP contribution in [0.3, 0.4) is 0 Å². The summed E-state index contributed by atoms with van der Waals surface area (Å²) >= 11 is 0. The standard InChI is InChI=1S/C40H75O10P/c1-3-5-7-9-11-13-15-17-19-21-23-25-27-29-31-39(43)47-35-38(36-49-51(45,46)48-34-37(42)33-41)50-40(44)32-30-28-26-24-22-20-18-16-14-12-10-8-6-4-2/h15-18,37-38,41-42H,3-14,19-36H2,1-2H3,(H,45,46)/b17-15-,18-16-/t37-,38+/m0/s1. The van der Waals surface area contributed by atoms with Crippen LogP contribution in [0.25, 0.3) is 0 Å². The lowest BCUT2D eigenvalue weighted by molar-refractivity contribution is -0.161. The van der Waals surface area contributed by atoms with Crippen molar-refractivity contribution in [2.24, 2.45) is 0 Å². The molecule has 0 amide bonds. The highest BCUT2D eigenvalue weighted by molar-refractivity contribution is 7.47. The first-order valence-electron chi connectivity index (χ1n) is 20.3. The van der Waals surface area contributed by atoms with E-state index in [0.29, 0.717) is 12.8 Å². The molecule has 0 rings (SSSR count). The highest BCUT2D eigenvalue weighted by Gasteiger charge is 2.27. The third-order valence-electron chi connectivity index (χ3n) is 8.58. The van der Waals surface area contributed by atoms with Gasteiger partial charge in [0, 0.05) is 12.8 Å². The molecule has 0 aromatic heterocycles. The minimum Gasteiger partial charge on any atom is -0.462 e. The predicted octanol–water partition coefficient (Wildman–Crippen LogP) is 10.2. The summed E-state index contributed by atoms with van der Waals surface area (Å²) in [6.45, 7) is 2.34. The van der Waals surface area contributed by atoms with Gasteiger partial charge in [-0.1, -0.05) is 128 Å². The Balaban J connectivity index is 4.36. The zero-order chi connectivity index (χ0) is 37.7. The van der Waals surface area contributed by atoms with E-state index in [0.717, 1.165) is 77.0 Å². The molecule has 10 nitrogen and oxygen atoms in total. The molecule has 0 spiro atoms. The zero-order valence-corrected chi connectivity index (χ0v) is 33.2. The van der Waals surface area contributed by atoms with Crippen LogP contribution in [-0.4, -0.2) is 65.7 Å². The van der Waals surface area contributed by atoms with E-state index in [-0.39, 0.29) is 19.4 Å². The van der Waals surface area contributed by atoms with E-state index >= 15 is 0 Å². The smallest absolute Gasteiger partial charge is 0.462 e. The van der Waals surface area contributed by atoms with Crippen molar-refractivity contribution in [3.8, 4) is 0 Å². The predicted molar refractivity (Wildman–Crippen MR) is 205 cm³/mol. The second-order valence-electron chi connectivity index (χ2n) is 13.7. The van der Waals surface area contributed by atoms with Crippen molar-refractivity contribution in [2.45, 2.75) is 193 Å². The van der Waals surface area contributed by atoms with E-state index in [4.69, 9.17) is 19.1 Å². The fourth-order valence-electron chi connectivity index (χ4n) is 5.39.